The Morgan fingerprint density at radius 2 is 1.71 bits per heavy atom. The monoisotopic (exact) mass is 597 g/mol. The highest BCUT2D eigenvalue weighted by Gasteiger charge is 2.52. The minimum Gasteiger partial charge on any atom is -0.314 e. The fraction of sp³-hybridized carbons (Fsp3) is 0.304. The molecule has 3 aromatic rings. The molecule has 1 N–H and O–H groups in total. The summed E-state index contributed by atoms with van der Waals surface area (Å²) in [6, 6.07) is 12.4. The van der Waals surface area contributed by atoms with Crippen LogP contribution >= 0.6 is 39.1 Å². The summed E-state index contributed by atoms with van der Waals surface area (Å²) in [5.74, 6) is -0.111. The fourth-order valence-corrected chi connectivity index (χ4v) is 7.04. The minimum atomic E-state index is -3.90. The largest absolute Gasteiger partial charge is 0.314 e. The number of hydrogen-bond donors (Lipinski definition) is 1. The zero-order valence-corrected chi connectivity index (χ0v) is 22.6. The maximum atomic E-state index is 14.0. The standard InChI is InChI=1S/C23H22BrCl2N5O3S/c1-23(13-15-2-4-16(24)5-3-15)21(32)30(19-11-17(25)10-18(26)12-19)22-28-14-20(31(22)23)35(33,34)29-8-6-27-7-9-29/h2-5,10-12,14,27H,6-9,13H2,1H3/t23-/m0/s1. The van der Waals surface area contributed by atoms with Gasteiger partial charge in [-0.05, 0) is 42.8 Å². The van der Waals surface area contributed by atoms with Gasteiger partial charge < -0.3 is 5.32 Å². The van der Waals surface area contributed by atoms with Crippen molar-refractivity contribution in [1.29, 1.82) is 0 Å². The summed E-state index contributed by atoms with van der Waals surface area (Å²) < 4.78 is 31.3. The number of benzene rings is 2. The van der Waals surface area contributed by atoms with Crippen molar-refractivity contribution in [2.45, 2.75) is 23.9 Å². The number of rotatable bonds is 5. The second-order valence-corrected chi connectivity index (χ2v) is 12.4. The van der Waals surface area contributed by atoms with Gasteiger partial charge in [0.25, 0.3) is 15.9 Å². The predicted molar refractivity (Wildman–Crippen MR) is 139 cm³/mol. The van der Waals surface area contributed by atoms with Crippen molar-refractivity contribution < 1.29 is 13.2 Å². The number of amides is 1. The Labute approximate surface area is 222 Å². The van der Waals surface area contributed by atoms with Crippen molar-refractivity contribution in [2.75, 3.05) is 31.1 Å². The van der Waals surface area contributed by atoms with E-state index in [9.17, 15) is 13.2 Å². The number of nitrogens with one attached hydrogen (secondary N) is 1. The van der Waals surface area contributed by atoms with Gasteiger partial charge in [0.2, 0.25) is 5.95 Å². The van der Waals surface area contributed by atoms with Gasteiger partial charge in [0.15, 0.2) is 5.03 Å². The molecule has 0 saturated carbocycles. The number of aromatic nitrogens is 2. The van der Waals surface area contributed by atoms with Crippen LogP contribution in [0.3, 0.4) is 0 Å². The van der Waals surface area contributed by atoms with E-state index in [4.69, 9.17) is 23.2 Å². The molecule has 0 bridgehead atoms. The van der Waals surface area contributed by atoms with Gasteiger partial charge in [0.1, 0.15) is 5.54 Å². The van der Waals surface area contributed by atoms with E-state index >= 15 is 0 Å². The molecule has 0 unspecified atom stereocenters. The van der Waals surface area contributed by atoms with Gasteiger partial charge in [-0.25, -0.2) is 18.3 Å². The Morgan fingerprint density at radius 1 is 1.09 bits per heavy atom. The fourth-order valence-electron chi connectivity index (χ4n) is 4.63. The number of halogens is 3. The van der Waals surface area contributed by atoms with E-state index in [1.807, 2.05) is 24.3 Å². The van der Waals surface area contributed by atoms with E-state index < -0.39 is 15.6 Å². The summed E-state index contributed by atoms with van der Waals surface area (Å²) in [6.07, 6.45) is 1.59. The number of imidazole rings is 1. The first-order valence-corrected chi connectivity index (χ1v) is 13.9. The van der Waals surface area contributed by atoms with Crippen LogP contribution in [0.5, 0.6) is 0 Å². The maximum absolute atomic E-state index is 14.0. The molecule has 35 heavy (non-hydrogen) atoms. The number of carbonyl (C=O) groups is 1. The van der Waals surface area contributed by atoms with E-state index in [1.54, 1.807) is 29.7 Å². The molecule has 0 spiro atoms. The molecule has 1 amide bonds. The first-order valence-electron chi connectivity index (χ1n) is 11.0. The van der Waals surface area contributed by atoms with Crippen molar-refractivity contribution >= 4 is 66.7 Å². The van der Waals surface area contributed by atoms with Crippen LogP contribution in [-0.2, 0) is 26.8 Å². The highest BCUT2D eigenvalue weighted by atomic mass is 79.9. The highest BCUT2D eigenvalue weighted by Crippen LogP contribution is 2.44. The number of piperazine rings is 1. The van der Waals surface area contributed by atoms with Gasteiger partial charge in [0, 0.05) is 47.1 Å². The van der Waals surface area contributed by atoms with Gasteiger partial charge in [-0.15, -0.1) is 0 Å². The number of sulfonamides is 1. The van der Waals surface area contributed by atoms with Crippen LogP contribution < -0.4 is 10.2 Å². The number of anilines is 2. The third kappa shape index (κ3) is 4.30. The van der Waals surface area contributed by atoms with E-state index in [0.717, 1.165) is 10.0 Å². The molecule has 0 aliphatic carbocycles. The van der Waals surface area contributed by atoms with Crippen molar-refractivity contribution in [3.05, 3.63) is 68.7 Å². The predicted octanol–water partition coefficient (Wildman–Crippen LogP) is 4.18. The van der Waals surface area contributed by atoms with Crippen LogP contribution in [0.2, 0.25) is 10.0 Å². The Bertz CT molecular complexity index is 1390. The second kappa shape index (κ2) is 9.17. The molecule has 0 radical (unpaired) electrons. The third-order valence-corrected chi connectivity index (χ3v) is 9.14. The Morgan fingerprint density at radius 3 is 2.34 bits per heavy atom. The van der Waals surface area contributed by atoms with Crippen molar-refractivity contribution in [1.82, 2.24) is 19.2 Å². The maximum Gasteiger partial charge on any atom is 0.260 e. The summed E-state index contributed by atoms with van der Waals surface area (Å²) in [6.45, 7) is 3.54. The van der Waals surface area contributed by atoms with E-state index in [0.29, 0.717) is 41.9 Å². The lowest BCUT2D eigenvalue weighted by Crippen LogP contribution is -2.48. The summed E-state index contributed by atoms with van der Waals surface area (Å²) in [5.41, 5.74) is 0.0374. The lowest BCUT2D eigenvalue weighted by atomic mass is 9.92. The second-order valence-electron chi connectivity index (χ2n) is 8.73. The van der Waals surface area contributed by atoms with E-state index in [-0.39, 0.29) is 23.3 Å². The average Bonchev–Trinajstić information content (AvgIpc) is 3.34. The summed E-state index contributed by atoms with van der Waals surface area (Å²) in [4.78, 5) is 19.9. The number of fused-ring (bicyclic) bond motifs is 1. The third-order valence-electron chi connectivity index (χ3n) is 6.32. The molecule has 2 aliphatic heterocycles. The van der Waals surface area contributed by atoms with E-state index in [2.05, 4.69) is 26.2 Å². The summed E-state index contributed by atoms with van der Waals surface area (Å²) in [7, 11) is -3.90. The quantitative estimate of drug-likeness (QED) is 0.476. The average molecular weight is 599 g/mol. The normalized spacial score (nSPS) is 20.9. The smallest absolute Gasteiger partial charge is 0.260 e. The molecule has 1 aromatic heterocycles. The molecule has 3 heterocycles. The lowest BCUT2D eigenvalue weighted by Gasteiger charge is -2.30. The number of hydrogen-bond acceptors (Lipinski definition) is 5. The van der Waals surface area contributed by atoms with Gasteiger partial charge in [-0.1, -0.05) is 51.3 Å². The zero-order valence-electron chi connectivity index (χ0n) is 18.7. The molecule has 184 valence electrons. The van der Waals surface area contributed by atoms with Crippen molar-refractivity contribution in [3.8, 4) is 0 Å². The molecule has 2 aliphatic rings. The van der Waals surface area contributed by atoms with Crippen LogP contribution in [-0.4, -0.2) is 54.4 Å². The Hall–Kier alpha value is -1.95. The summed E-state index contributed by atoms with van der Waals surface area (Å²) >= 11 is 15.9. The van der Waals surface area contributed by atoms with Crippen LogP contribution in [0.25, 0.3) is 0 Å². The summed E-state index contributed by atoms with van der Waals surface area (Å²) in [5, 5.41) is 3.86. The molecule has 8 nitrogen and oxygen atoms in total. The molecule has 1 fully saturated rings. The van der Waals surface area contributed by atoms with Gasteiger partial charge >= 0.3 is 0 Å². The van der Waals surface area contributed by atoms with Crippen molar-refractivity contribution in [2.24, 2.45) is 0 Å². The van der Waals surface area contributed by atoms with Gasteiger partial charge in [0.05, 0.1) is 11.9 Å². The first kappa shape index (κ1) is 24.7. The molecular weight excluding hydrogens is 577 g/mol. The minimum absolute atomic E-state index is 0.0158. The highest BCUT2D eigenvalue weighted by molar-refractivity contribution is 9.10. The number of carbonyl (C=O) groups excluding carboxylic acids is 1. The topological polar surface area (TPSA) is 87.5 Å². The van der Waals surface area contributed by atoms with Crippen LogP contribution in [0, 0.1) is 0 Å². The zero-order chi connectivity index (χ0) is 25.0. The molecule has 1 saturated heterocycles. The number of nitrogens with zero attached hydrogens (tertiary/aromatic N) is 4. The Balaban J connectivity index is 1.68. The molecular formula is C23H22BrCl2N5O3S. The SMILES string of the molecule is C[C@]1(Cc2ccc(Br)cc2)C(=O)N(c2cc(Cl)cc(Cl)c2)c2ncc(S(=O)(=O)N3CCNCC3)n21. The van der Waals surface area contributed by atoms with Crippen LogP contribution in [0.4, 0.5) is 11.6 Å². The molecule has 5 rings (SSSR count). The molecule has 2 aromatic carbocycles. The lowest BCUT2D eigenvalue weighted by molar-refractivity contribution is -0.124. The van der Waals surface area contributed by atoms with Crippen LogP contribution in [0.1, 0.15) is 12.5 Å². The van der Waals surface area contributed by atoms with Gasteiger partial charge in [-0.3, -0.25) is 9.36 Å². The molecule has 12 heteroatoms. The van der Waals surface area contributed by atoms with E-state index in [1.165, 1.54) is 15.4 Å². The first-order chi connectivity index (χ1) is 16.6. The Kier molecular flexibility index (Phi) is 6.48. The van der Waals surface area contributed by atoms with Crippen LogP contribution in [0.15, 0.2) is 58.2 Å². The van der Waals surface area contributed by atoms with Gasteiger partial charge in [-0.2, -0.15) is 4.31 Å². The molecule has 1 atom stereocenters. The van der Waals surface area contributed by atoms with Crippen molar-refractivity contribution in [3.63, 3.8) is 0 Å².